The standard InChI is InChI=1S/C6H10O.H3N/c1-5-3-2-4-6(5)7;/h5H,2-4H2,1H3;1H3. The van der Waals surface area contributed by atoms with Gasteiger partial charge < -0.3 is 6.15 Å². The quantitative estimate of drug-likeness (QED) is 0.520. The van der Waals surface area contributed by atoms with Crippen LogP contribution in [0, 0.1) is 5.92 Å². The molecule has 0 aromatic rings. The number of rotatable bonds is 0. The minimum absolute atomic E-state index is 0. The van der Waals surface area contributed by atoms with Crippen LogP contribution in [0.25, 0.3) is 0 Å². The van der Waals surface area contributed by atoms with E-state index in [4.69, 9.17) is 0 Å². The van der Waals surface area contributed by atoms with E-state index in [2.05, 4.69) is 0 Å². The van der Waals surface area contributed by atoms with Crippen LogP contribution in [0.5, 0.6) is 0 Å². The zero-order valence-electron chi connectivity index (χ0n) is 5.31. The maximum atomic E-state index is 10.6. The van der Waals surface area contributed by atoms with Crippen LogP contribution in [0.4, 0.5) is 0 Å². The SMILES string of the molecule is CC1CCCC1=O.N. The number of Topliss-reactive ketones (excluding diaryl/α,β-unsaturated/α-hetero) is 1. The molecule has 1 rings (SSSR count). The van der Waals surface area contributed by atoms with Gasteiger partial charge in [-0.3, -0.25) is 4.79 Å². The Balaban J connectivity index is 0.000000490. The van der Waals surface area contributed by atoms with Crippen molar-refractivity contribution in [1.82, 2.24) is 6.15 Å². The first-order valence-electron chi connectivity index (χ1n) is 2.83. The predicted molar refractivity (Wildman–Crippen MR) is 33.0 cm³/mol. The number of hydrogen-bond acceptors (Lipinski definition) is 2. The maximum absolute atomic E-state index is 10.6. The molecule has 0 aromatic carbocycles. The highest BCUT2D eigenvalue weighted by molar-refractivity contribution is 5.82. The number of hydrogen-bond donors (Lipinski definition) is 1. The van der Waals surface area contributed by atoms with Crippen LogP contribution in [0.15, 0.2) is 0 Å². The third-order valence-electron chi connectivity index (χ3n) is 1.61. The molecule has 1 aliphatic carbocycles. The lowest BCUT2D eigenvalue weighted by Crippen LogP contribution is -1.98. The van der Waals surface area contributed by atoms with Crippen molar-refractivity contribution in [3.05, 3.63) is 0 Å². The van der Waals surface area contributed by atoms with Crippen molar-refractivity contribution in [3.8, 4) is 0 Å². The second-order valence-corrected chi connectivity index (χ2v) is 2.26. The van der Waals surface area contributed by atoms with E-state index in [1.54, 1.807) is 0 Å². The molecule has 1 fully saturated rings. The van der Waals surface area contributed by atoms with Gasteiger partial charge in [-0.15, -0.1) is 0 Å². The molecule has 1 atom stereocenters. The van der Waals surface area contributed by atoms with Crippen LogP contribution in [-0.4, -0.2) is 5.78 Å². The molecule has 0 aromatic heterocycles. The van der Waals surface area contributed by atoms with Crippen LogP contribution in [0.1, 0.15) is 26.2 Å². The van der Waals surface area contributed by atoms with Crippen LogP contribution >= 0.6 is 0 Å². The zero-order valence-corrected chi connectivity index (χ0v) is 5.31. The van der Waals surface area contributed by atoms with Crippen LogP contribution in [0.3, 0.4) is 0 Å². The minimum atomic E-state index is 0. The fraction of sp³-hybridized carbons (Fsp3) is 0.833. The molecule has 2 nitrogen and oxygen atoms in total. The number of carbonyl (C=O) groups is 1. The first-order valence-corrected chi connectivity index (χ1v) is 2.83. The van der Waals surface area contributed by atoms with Gasteiger partial charge in [0.2, 0.25) is 0 Å². The van der Waals surface area contributed by atoms with E-state index >= 15 is 0 Å². The molecule has 0 heterocycles. The lowest BCUT2D eigenvalue weighted by Gasteiger charge is -1.91. The van der Waals surface area contributed by atoms with Crippen molar-refractivity contribution in [3.63, 3.8) is 0 Å². The summed E-state index contributed by atoms with van der Waals surface area (Å²) in [6.07, 6.45) is 3.08. The van der Waals surface area contributed by atoms with Gasteiger partial charge in [0.25, 0.3) is 0 Å². The van der Waals surface area contributed by atoms with Crippen LogP contribution in [0.2, 0.25) is 0 Å². The van der Waals surface area contributed by atoms with E-state index in [0.29, 0.717) is 11.7 Å². The smallest absolute Gasteiger partial charge is 0.135 e. The molecule has 8 heavy (non-hydrogen) atoms. The number of carbonyl (C=O) groups excluding carboxylic acids is 1. The second kappa shape index (κ2) is 2.82. The summed E-state index contributed by atoms with van der Waals surface area (Å²) in [5, 5.41) is 0. The fourth-order valence-electron chi connectivity index (χ4n) is 0.990. The molecular formula is C6H13NO. The van der Waals surface area contributed by atoms with Gasteiger partial charge in [-0.2, -0.15) is 0 Å². The van der Waals surface area contributed by atoms with E-state index in [0.717, 1.165) is 19.3 Å². The summed E-state index contributed by atoms with van der Waals surface area (Å²) in [4.78, 5) is 10.6. The summed E-state index contributed by atoms with van der Waals surface area (Å²) in [6, 6.07) is 0. The fourth-order valence-corrected chi connectivity index (χ4v) is 0.990. The van der Waals surface area contributed by atoms with Crippen LogP contribution in [-0.2, 0) is 4.79 Å². The highest BCUT2D eigenvalue weighted by atomic mass is 16.1. The van der Waals surface area contributed by atoms with Gasteiger partial charge in [-0.25, -0.2) is 0 Å². The van der Waals surface area contributed by atoms with Gasteiger partial charge in [-0.1, -0.05) is 6.92 Å². The number of ketones is 1. The normalized spacial score (nSPS) is 27.6. The molecule has 2 heteroatoms. The lowest BCUT2D eigenvalue weighted by molar-refractivity contribution is -0.120. The molecule has 3 N–H and O–H groups in total. The Kier molecular flexibility index (Phi) is 2.69. The molecule has 1 aliphatic rings. The molecule has 0 aliphatic heterocycles. The summed E-state index contributed by atoms with van der Waals surface area (Å²) < 4.78 is 0. The molecule has 0 saturated heterocycles. The van der Waals surface area contributed by atoms with Crippen LogP contribution < -0.4 is 6.15 Å². The Bertz CT molecular complexity index is 90.5. The monoisotopic (exact) mass is 115 g/mol. The van der Waals surface area contributed by atoms with E-state index in [9.17, 15) is 4.79 Å². The Hall–Kier alpha value is -0.370. The van der Waals surface area contributed by atoms with E-state index in [1.165, 1.54) is 0 Å². The summed E-state index contributed by atoms with van der Waals surface area (Å²) in [5.41, 5.74) is 0. The van der Waals surface area contributed by atoms with Crippen molar-refractivity contribution < 1.29 is 4.79 Å². The van der Waals surface area contributed by atoms with E-state index in [1.807, 2.05) is 6.92 Å². The molecule has 0 spiro atoms. The Morgan fingerprint density at radius 1 is 1.62 bits per heavy atom. The average molecular weight is 115 g/mol. The average Bonchev–Trinajstić information content (AvgIpc) is 1.91. The predicted octanol–water partition coefficient (Wildman–Crippen LogP) is 1.54. The largest absolute Gasteiger partial charge is 0.344 e. The summed E-state index contributed by atoms with van der Waals surface area (Å²) >= 11 is 0. The van der Waals surface area contributed by atoms with Gasteiger partial charge in [0, 0.05) is 12.3 Å². The Morgan fingerprint density at radius 3 is 2.38 bits per heavy atom. The van der Waals surface area contributed by atoms with Gasteiger partial charge in [0.1, 0.15) is 5.78 Å². The van der Waals surface area contributed by atoms with Gasteiger partial charge >= 0.3 is 0 Å². The van der Waals surface area contributed by atoms with E-state index < -0.39 is 0 Å². The first-order chi connectivity index (χ1) is 3.30. The molecule has 0 bridgehead atoms. The Morgan fingerprint density at radius 2 is 2.25 bits per heavy atom. The highest BCUT2D eigenvalue weighted by Gasteiger charge is 2.18. The summed E-state index contributed by atoms with van der Waals surface area (Å²) in [7, 11) is 0. The second-order valence-electron chi connectivity index (χ2n) is 2.26. The van der Waals surface area contributed by atoms with Crippen molar-refractivity contribution in [2.24, 2.45) is 5.92 Å². The van der Waals surface area contributed by atoms with E-state index in [-0.39, 0.29) is 6.15 Å². The van der Waals surface area contributed by atoms with Crippen molar-refractivity contribution >= 4 is 5.78 Å². The zero-order chi connectivity index (χ0) is 5.28. The molecule has 48 valence electrons. The third-order valence-corrected chi connectivity index (χ3v) is 1.61. The van der Waals surface area contributed by atoms with Gasteiger partial charge in [0.15, 0.2) is 0 Å². The highest BCUT2D eigenvalue weighted by Crippen LogP contribution is 2.19. The maximum Gasteiger partial charge on any atom is 0.135 e. The summed E-state index contributed by atoms with van der Waals surface area (Å²) in [6.45, 7) is 2.01. The first kappa shape index (κ1) is 7.63. The van der Waals surface area contributed by atoms with Crippen molar-refractivity contribution in [2.75, 3.05) is 0 Å². The third kappa shape index (κ3) is 1.30. The molecular weight excluding hydrogens is 102 g/mol. The lowest BCUT2D eigenvalue weighted by atomic mass is 10.1. The molecule has 0 radical (unpaired) electrons. The van der Waals surface area contributed by atoms with Gasteiger partial charge in [0.05, 0.1) is 0 Å². The van der Waals surface area contributed by atoms with Crippen molar-refractivity contribution in [1.29, 1.82) is 0 Å². The van der Waals surface area contributed by atoms with Gasteiger partial charge in [-0.05, 0) is 12.8 Å². The summed E-state index contributed by atoms with van der Waals surface area (Å²) in [5.74, 6) is 0.833. The molecule has 0 amide bonds. The topological polar surface area (TPSA) is 52.1 Å². The minimum Gasteiger partial charge on any atom is -0.344 e. The molecule has 1 saturated carbocycles. The molecule has 1 unspecified atom stereocenters. The Labute approximate surface area is 49.9 Å². The van der Waals surface area contributed by atoms with Crippen molar-refractivity contribution in [2.45, 2.75) is 26.2 Å².